The fourth-order valence-electron chi connectivity index (χ4n) is 2.24. The van der Waals surface area contributed by atoms with E-state index in [0.29, 0.717) is 17.1 Å². The SMILES string of the molecule is CC[C@@H](Oc1cc(C)cc(C)c1)C(=O)Nc1ccc(Cl)cc1. The summed E-state index contributed by atoms with van der Waals surface area (Å²) >= 11 is 5.84. The van der Waals surface area contributed by atoms with Gasteiger partial charge in [0.2, 0.25) is 0 Å². The maximum Gasteiger partial charge on any atom is 0.265 e. The van der Waals surface area contributed by atoms with E-state index < -0.39 is 6.10 Å². The van der Waals surface area contributed by atoms with Crippen molar-refractivity contribution in [2.45, 2.75) is 33.3 Å². The number of ether oxygens (including phenoxy) is 1. The number of anilines is 1. The van der Waals surface area contributed by atoms with Gasteiger partial charge in [-0.3, -0.25) is 4.79 Å². The zero-order chi connectivity index (χ0) is 16.1. The van der Waals surface area contributed by atoms with E-state index in [2.05, 4.69) is 11.4 Å². The summed E-state index contributed by atoms with van der Waals surface area (Å²) in [5, 5.41) is 3.48. The summed E-state index contributed by atoms with van der Waals surface area (Å²) in [5.41, 5.74) is 2.93. The minimum absolute atomic E-state index is 0.163. The highest BCUT2D eigenvalue weighted by Crippen LogP contribution is 2.20. The molecule has 4 heteroatoms. The zero-order valence-corrected chi connectivity index (χ0v) is 13.8. The third-order valence-electron chi connectivity index (χ3n) is 3.25. The molecule has 0 spiro atoms. The fraction of sp³-hybridized carbons (Fsp3) is 0.278. The number of hydrogen-bond donors (Lipinski definition) is 1. The van der Waals surface area contributed by atoms with Crippen molar-refractivity contribution in [1.82, 2.24) is 0 Å². The lowest BCUT2D eigenvalue weighted by Gasteiger charge is -2.18. The second-order valence-corrected chi connectivity index (χ2v) is 5.77. The second-order valence-electron chi connectivity index (χ2n) is 5.33. The van der Waals surface area contributed by atoms with Crippen LogP contribution in [0.4, 0.5) is 5.69 Å². The molecular formula is C18H20ClNO2. The summed E-state index contributed by atoms with van der Waals surface area (Å²) < 4.78 is 5.84. The molecule has 116 valence electrons. The van der Waals surface area contributed by atoms with Gasteiger partial charge in [0.25, 0.3) is 5.91 Å². The lowest BCUT2D eigenvalue weighted by atomic mass is 10.1. The molecule has 0 unspecified atom stereocenters. The van der Waals surface area contributed by atoms with Gasteiger partial charge in [-0.15, -0.1) is 0 Å². The predicted molar refractivity (Wildman–Crippen MR) is 90.7 cm³/mol. The van der Waals surface area contributed by atoms with Crippen LogP contribution in [0.15, 0.2) is 42.5 Å². The van der Waals surface area contributed by atoms with Crippen LogP contribution in [0, 0.1) is 13.8 Å². The van der Waals surface area contributed by atoms with Crippen molar-refractivity contribution in [2.24, 2.45) is 0 Å². The predicted octanol–water partition coefficient (Wildman–Crippen LogP) is 4.75. The molecule has 3 nitrogen and oxygen atoms in total. The molecule has 0 heterocycles. The number of hydrogen-bond acceptors (Lipinski definition) is 2. The van der Waals surface area contributed by atoms with Crippen LogP contribution in [0.3, 0.4) is 0 Å². The minimum Gasteiger partial charge on any atom is -0.481 e. The highest BCUT2D eigenvalue weighted by atomic mass is 35.5. The fourth-order valence-corrected chi connectivity index (χ4v) is 2.37. The van der Waals surface area contributed by atoms with Crippen LogP contribution in [0.2, 0.25) is 5.02 Å². The van der Waals surface area contributed by atoms with Crippen LogP contribution in [0.5, 0.6) is 5.75 Å². The molecule has 2 rings (SSSR count). The average Bonchev–Trinajstić information content (AvgIpc) is 2.46. The van der Waals surface area contributed by atoms with E-state index in [1.54, 1.807) is 24.3 Å². The van der Waals surface area contributed by atoms with Crippen LogP contribution < -0.4 is 10.1 Å². The summed E-state index contributed by atoms with van der Waals surface area (Å²) in [6.45, 7) is 5.94. The molecule has 0 saturated carbocycles. The Kier molecular flexibility index (Phi) is 5.45. The van der Waals surface area contributed by atoms with Gasteiger partial charge in [-0.25, -0.2) is 0 Å². The Labute approximate surface area is 136 Å². The van der Waals surface area contributed by atoms with Gasteiger partial charge in [0.1, 0.15) is 5.75 Å². The largest absolute Gasteiger partial charge is 0.481 e. The van der Waals surface area contributed by atoms with Crippen molar-refractivity contribution in [3.05, 3.63) is 58.6 Å². The maximum absolute atomic E-state index is 12.3. The van der Waals surface area contributed by atoms with Crippen LogP contribution in [-0.2, 0) is 4.79 Å². The molecule has 0 radical (unpaired) electrons. The lowest BCUT2D eigenvalue weighted by Crippen LogP contribution is -2.32. The monoisotopic (exact) mass is 317 g/mol. The normalized spacial score (nSPS) is 11.8. The number of carbonyl (C=O) groups excluding carboxylic acids is 1. The molecule has 1 amide bonds. The molecule has 22 heavy (non-hydrogen) atoms. The summed E-state index contributed by atoms with van der Waals surface area (Å²) in [7, 11) is 0. The molecule has 1 atom stereocenters. The Morgan fingerprint density at radius 1 is 1.14 bits per heavy atom. The van der Waals surface area contributed by atoms with Gasteiger partial charge in [0.05, 0.1) is 0 Å². The van der Waals surface area contributed by atoms with E-state index >= 15 is 0 Å². The Morgan fingerprint density at radius 3 is 2.27 bits per heavy atom. The van der Waals surface area contributed by atoms with Crippen LogP contribution in [0.1, 0.15) is 24.5 Å². The number of nitrogens with one attached hydrogen (secondary N) is 1. The van der Waals surface area contributed by atoms with Crippen molar-refractivity contribution < 1.29 is 9.53 Å². The van der Waals surface area contributed by atoms with Crippen LogP contribution >= 0.6 is 11.6 Å². The van der Waals surface area contributed by atoms with Crippen molar-refractivity contribution in [2.75, 3.05) is 5.32 Å². The smallest absolute Gasteiger partial charge is 0.265 e. The van der Waals surface area contributed by atoms with Crippen molar-refractivity contribution in [1.29, 1.82) is 0 Å². The molecule has 2 aromatic rings. The Morgan fingerprint density at radius 2 is 1.73 bits per heavy atom. The van der Waals surface area contributed by atoms with Gasteiger partial charge in [-0.2, -0.15) is 0 Å². The highest BCUT2D eigenvalue weighted by Gasteiger charge is 2.18. The Balaban J connectivity index is 2.06. The summed E-state index contributed by atoms with van der Waals surface area (Å²) in [5.74, 6) is 0.555. The Bertz CT molecular complexity index is 632. The van der Waals surface area contributed by atoms with E-state index in [1.807, 2.05) is 32.9 Å². The lowest BCUT2D eigenvalue weighted by molar-refractivity contribution is -0.122. The quantitative estimate of drug-likeness (QED) is 0.864. The number of amides is 1. The minimum atomic E-state index is -0.531. The van der Waals surface area contributed by atoms with E-state index in [-0.39, 0.29) is 5.91 Å². The van der Waals surface area contributed by atoms with Gasteiger partial charge in [-0.05, 0) is 67.8 Å². The van der Waals surface area contributed by atoms with Crippen LogP contribution in [0.25, 0.3) is 0 Å². The zero-order valence-electron chi connectivity index (χ0n) is 13.0. The molecule has 0 saturated heterocycles. The van der Waals surface area contributed by atoms with Crippen molar-refractivity contribution in [3.8, 4) is 5.75 Å². The van der Waals surface area contributed by atoms with E-state index in [0.717, 1.165) is 16.9 Å². The number of benzene rings is 2. The van der Waals surface area contributed by atoms with Crippen LogP contribution in [-0.4, -0.2) is 12.0 Å². The molecular weight excluding hydrogens is 298 g/mol. The molecule has 0 aliphatic carbocycles. The van der Waals surface area contributed by atoms with E-state index in [1.165, 1.54) is 0 Å². The first kappa shape index (κ1) is 16.4. The van der Waals surface area contributed by atoms with Gasteiger partial charge >= 0.3 is 0 Å². The maximum atomic E-state index is 12.3. The van der Waals surface area contributed by atoms with Crippen molar-refractivity contribution >= 4 is 23.2 Å². The second kappa shape index (κ2) is 7.32. The average molecular weight is 318 g/mol. The number of carbonyl (C=O) groups is 1. The molecule has 0 aliphatic rings. The number of rotatable bonds is 5. The van der Waals surface area contributed by atoms with Gasteiger partial charge in [0, 0.05) is 10.7 Å². The molecule has 0 fully saturated rings. The van der Waals surface area contributed by atoms with E-state index in [4.69, 9.17) is 16.3 Å². The third-order valence-corrected chi connectivity index (χ3v) is 3.50. The van der Waals surface area contributed by atoms with Gasteiger partial charge in [0.15, 0.2) is 6.10 Å². The molecule has 0 aromatic heterocycles. The summed E-state index contributed by atoms with van der Waals surface area (Å²) in [4.78, 5) is 12.3. The summed E-state index contributed by atoms with van der Waals surface area (Å²) in [6, 6.07) is 13.0. The molecule has 1 N–H and O–H groups in total. The highest BCUT2D eigenvalue weighted by molar-refractivity contribution is 6.30. The summed E-state index contributed by atoms with van der Waals surface area (Å²) in [6.07, 6.45) is 0.0590. The first-order valence-corrected chi connectivity index (χ1v) is 7.67. The topological polar surface area (TPSA) is 38.3 Å². The van der Waals surface area contributed by atoms with Gasteiger partial charge in [-0.1, -0.05) is 24.6 Å². The molecule has 0 aliphatic heterocycles. The van der Waals surface area contributed by atoms with E-state index in [9.17, 15) is 4.79 Å². The third kappa shape index (κ3) is 4.50. The Hall–Kier alpha value is -2.00. The van der Waals surface area contributed by atoms with Gasteiger partial charge < -0.3 is 10.1 Å². The first-order chi connectivity index (χ1) is 10.5. The number of aryl methyl sites for hydroxylation is 2. The first-order valence-electron chi connectivity index (χ1n) is 7.29. The molecule has 2 aromatic carbocycles. The standard InChI is InChI=1S/C18H20ClNO2/c1-4-17(22-16-10-12(2)9-13(3)11-16)18(21)20-15-7-5-14(19)6-8-15/h5-11,17H,4H2,1-3H3,(H,20,21)/t17-/m1/s1. The van der Waals surface area contributed by atoms with Crippen molar-refractivity contribution in [3.63, 3.8) is 0 Å². The molecule has 0 bridgehead atoms. The number of halogens is 1.